The molecule has 0 aromatic heterocycles. The molecule has 0 radical (unpaired) electrons. The second kappa shape index (κ2) is 11.3. The smallest absolute Gasteiger partial charge is 0.338 e. The zero-order valence-electron chi connectivity index (χ0n) is 17.4. The minimum atomic E-state index is -3.67. The number of carbonyl (C=O) groups is 2. The normalized spacial score (nSPS) is 17.7. The molecule has 1 fully saturated rings. The Labute approximate surface area is 173 Å². The summed E-state index contributed by atoms with van der Waals surface area (Å²) in [6, 6.07) is 5.75. The lowest BCUT2D eigenvalue weighted by molar-refractivity contribution is -0.124. The third-order valence-corrected chi connectivity index (χ3v) is 7.11. The van der Waals surface area contributed by atoms with Gasteiger partial charge in [0.05, 0.1) is 10.5 Å². The van der Waals surface area contributed by atoms with Gasteiger partial charge in [0, 0.05) is 19.1 Å². The highest BCUT2D eigenvalue weighted by Gasteiger charge is 2.31. The zero-order chi connectivity index (χ0) is 21.3. The second-order valence-corrected chi connectivity index (χ2v) is 9.37. The highest BCUT2D eigenvalue weighted by molar-refractivity contribution is 7.89. The second-order valence-electron chi connectivity index (χ2n) is 7.48. The van der Waals surface area contributed by atoms with Crippen molar-refractivity contribution in [2.24, 2.45) is 0 Å². The fraction of sp³-hybridized carbons (Fsp3) is 0.619. The molecule has 1 atom stereocenters. The first-order valence-electron chi connectivity index (χ1n) is 10.4. The predicted molar refractivity (Wildman–Crippen MR) is 111 cm³/mol. The quantitative estimate of drug-likeness (QED) is 0.460. The molecule has 1 aliphatic rings. The Kier molecular flexibility index (Phi) is 9.10. The van der Waals surface area contributed by atoms with Gasteiger partial charge in [0.25, 0.3) is 5.91 Å². The van der Waals surface area contributed by atoms with Gasteiger partial charge in [0.1, 0.15) is 0 Å². The van der Waals surface area contributed by atoms with E-state index in [9.17, 15) is 18.0 Å². The van der Waals surface area contributed by atoms with Crippen molar-refractivity contribution in [1.82, 2.24) is 9.62 Å². The lowest BCUT2D eigenvalue weighted by atomic mass is 10.1. The maximum absolute atomic E-state index is 12.9. The van der Waals surface area contributed by atoms with Gasteiger partial charge >= 0.3 is 5.97 Å². The van der Waals surface area contributed by atoms with Crippen LogP contribution in [-0.4, -0.2) is 50.3 Å². The van der Waals surface area contributed by atoms with Crippen LogP contribution < -0.4 is 5.32 Å². The topological polar surface area (TPSA) is 92.8 Å². The Morgan fingerprint density at radius 1 is 1.21 bits per heavy atom. The molecule has 1 N–H and O–H groups in total. The monoisotopic (exact) mass is 424 g/mol. The van der Waals surface area contributed by atoms with Crippen molar-refractivity contribution in [3.63, 3.8) is 0 Å². The molecular formula is C21H32N2O5S. The molecule has 8 heteroatoms. The molecule has 1 amide bonds. The summed E-state index contributed by atoms with van der Waals surface area (Å²) in [6.07, 6.45) is 6.86. The molecule has 0 saturated carbocycles. The molecule has 1 saturated heterocycles. The predicted octanol–water partition coefficient (Wildman–Crippen LogP) is 3.10. The summed E-state index contributed by atoms with van der Waals surface area (Å²) in [4.78, 5) is 24.1. The van der Waals surface area contributed by atoms with Gasteiger partial charge in [-0.2, -0.15) is 4.31 Å². The molecule has 0 unspecified atom stereocenters. The number of carbonyl (C=O) groups excluding carboxylic acids is 2. The summed E-state index contributed by atoms with van der Waals surface area (Å²) < 4.78 is 32.4. The maximum Gasteiger partial charge on any atom is 0.338 e. The maximum atomic E-state index is 12.9. The van der Waals surface area contributed by atoms with E-state index in [1.165, 1.54) is 28.6 Å². The number of benzene rings is 1. The molecule has 0 bridgehead atoms. The molecule has 1 heterocycles. The Hall–Kier alpha value is -1.93. The van der Waals surface area contributed by atoms with E-state index in [0.29, 0.717) is 13.1 Å². The Morgan fingerprint density at radius 2 is 2.00 bits per heavy atom. The van der Waals surface area contributed by atoms with Crippen LogP contribution >= 0.6 is 0 Å². The average molecular weight is 425 g/mol. The number of nitrogens with zero attached hydrogens (tertiary/aromatic N) is 1. The summed E-state index contributed by atoms with van der Waals surface area (Å²) >= 11 is 0. The van der Waals surface area contributed by atoms with Crippen LogP contribution in [0.1, 0.15) is 69.2 Å². The van der Waals surface area contributed by atoms with Crippen molar-refractivity contribution >= 4 is 21.9 Å². The Balaban J connectivity index is 1.93. The standard InChI is InChI=1S/C21H32N2O5S/c1-3-4-5-7-13-22-20(24)16-28-21(25)18-11-9-12-19(15-18)29(26,27)23-14-8-6-10-17(23)2/h9,11-12,15,17H,3-8,10,13-14,16H2,1-2H3,(H,22,24)/t17-/m1/s1. The third kappa shape index (κ3) is 6.82. The van der Waals surface area contributed by atoms with E-state index in [0.717, 1.165) is 44.9 Å². The number of unbranched alkanes of at least 4 members (excludes halogenated alkanes) is 3. The highest BCUT2D eigenvalue weighted by Crippen LogP contribution is 2.25. The summed E-state index contributed by atoms with van der Waals surface area (Å²) in [5.41, 5.74) is 0.117. The molecule has 1 aromatic carbocycles. The van der Waals surface area contributed by atoms with Crippen LogP contribution in [0.15, 0.2) is 29.2 Å². The minimum Gasteiger partial charge on any atom is -0.452 e. The van der Waals surface area contributed by atoms with Crippen molar-refractivity contribution in [2.45, 2.75) is 69.7 Å². The van der Waals surface area contributed by atoms with Gasteiger partial charge in [-0.1, -0.05) is 38.7 Å². The summed E-state index contributed by atoms with van der Waals surface area (Å²) in [7, 11) is -3.67. The third-order valence-electron chi connectivity index (χ3n) is 5.11. The average Bonchev–Trinajstić information content (AvgIpc) is 2.72. The molecule has 162 valence electrons. The van der Waals surface area contributed by atoms with Gasteiger partial charge in [-0.25, -0.2) is 13.2 Å². The summed E-state index contributed by atoms with van der Waals surface area (Å²) in [5, 5.41) is 2.71. The minimum absolute atomic E-state index is 0.0645. The number of sulfonamides is 1. The molecule has 0 aliphatic carbocycles. The molecule has 1 aromatic rings. The van der Waals surface area contributed by atoms with Gasteiger partial charge in [-0.3, -0.25) is 4.79 Å². The van der Waals surface area contributed by atoms with Gasteiger partial charge in [0.2, 0.25) is 10.0 Å². The molecule has 0 spiro atoms. The Morgan fingerprint density at radius 3 is 2.72 bits per heavy atom. The van der Waals surface area contributed by atoms with Crippen molar-refractivity contribution in [1.29, 1.82) is 0 Å². The van der Waals surface area contributed by atoms with Gasteiger partial charge in [-0.15, -0.1) is 0 Å². The number of hydrogen-bond donors (Lipinski definition) is 1. The SMILES string of the molecule is CCCCCCNC(=O)COC(=O)c1cccc(S(=O)(=O)N2CCCC[C@H]2C)c1. The van der Waals surface area contributed by atoms with Crippen LogP contribution in [0.5, 0.6) is 0 Å². The van der Waals surface area contributed by atoms with E-state index >= 15 is 0 Å². The largest absolute Gasteiger partial charge is 0.452 e. The van der Waals surface area contributed by atoms with Crippen molar-refractivity contribution in [3.05, 3.63) is 29.8 Å². The molecular weight excluding hydrogens is 392 g/mol. The highest BCUT2D eigenvalue weighted by atomic mass is 32.2. The van der Waals surface area contributed by atoms with Crippen LogP contribution in [0, 0.1) is 0 Å². The Bertz CT molecular complexity index is 794. The number of ether oxygens (including phenoxy) is 1. The van der Waals surface area contributed by atoms with E-state index in [-0.39, 0.29) is 29.0 Å². The van der Waals surface area contributed by atoms with E-state index < -0.39 is 16.0 Å². The fourth-order valence-electron chi connectivity index (χ4n) is 3.39. The first-order chi connectivity index (χ1) is 13.9. The number of piperidine rings is 1. The number of amides is 1. The van der Waals surface area contributed by atoms with Crippen molar-refractivity contribution in [3.8, 4) is 0 Å². The van der Waals surface area contributed by atoms with Gasteiger partial charge in [-0.05, 0) is 44.4 Å². The van der Waals surface area contributed by atoms with E-state index in [1.54, 1.807) is 0 Å². The zero-order valence-corrected chi connectivity index (χ0v) is 18.2. The van der Waals surface area contributed by atoms with Crippen LogP contribution in [0.25, 0.3) is 0 Å². The van der Waals surface area contributed by atoms with Crippen molar-refractivity contribution < 1.29 is 22.7 Å². The van der Waals surface area contributed by atoms with Gasteiger partial charge < -0.3 is 10.1 Å². The van der Waals surface area contributed by atoms with Crippen LogP contribution in [0.4, 0.5) is 0 Å². The van der Waals surface area contributed by atoms with E-state index in [2.05, 4.69) is 12.2 Å². The van der Waals surface area contributed by atoms with E-state index in [1.807, 2.05) is 6.92 Å². The van der Waals surface area contributed by atoms with Gasteiger partial charge in [0.15, 0.2) is 6.61 Å². The van der Waals surface area contributed by atoms with Crippen LogP contribution in [-0.2, 0) is 19.6 Å². The first-order valence-corrected chi connectivity index (χ1v) is 11.9. The fourth-order valence-corrected chi connectivity index (χ4v) is 5.14. The van der Waals surface area contributed by atoms with Crippen molar-refractivity contribution in [2.75, 3.05) is 19.7 Å². The van der Waals surface area contributed by atoms with Crippen LogP contribution in [0.3, 0.4) is 0 Å². The molecule has 29 heavy (non-hydrogen) atoms. The number of nitrogens with one attached hydrogen (secondary N) is 1. The number of esters is 1. The molecule has 1 aliphatic heterocycles. The number of hydrogen-bond acceptors (Lipinski definition) is 5. The van der Waals surface area contributed by atoms with Crippen LogP contribution in [0.2, 0.25) is 0 Å². The molecule has 2 rings (SSSR count). The first kappa shape index (κ1) is 23.3. The lowest BCUT2D eigenvalue weighted by Gasteiger charge is -2.32. The van der Waals surface area contributed by atoms with E-state index in [4.69, 9.17) is 4.74 Å². The summed E-state index contributed by atoms with van der Waals surface area (Å²) in [6.45, 7) is 4.67. The summed E-state index contributed by atoms with van der Waals surface area (Å²) in [5.74, 6) is -1.07. The molecule has 7 nitrogen and oxygen atoms in total. The number of rotatable bonds is 10. The lowest BCUT2D eigenvalue weighted by Crippen LogP contribution is -2.41.